The molecule has 5 nitrogen and oxygen atoms in total. The second-order valence-electron chi connectivity index (χ2n) is 5.14. The van der Waals surface area contributed by atoms with Crippen LogP contribution < -0.4 is 21.4 Å². The van der Waals surface area contributed by atoms with Crippen molar-refractivity contribution in [2.24, 2.45) is 11.0 Å². The zero-order valence-electron chi connectivity index (χ0n) is 13.2. The second-order valence-corrected chi connectivity index (χ2v) is 5.96. The number of nitrogens with zero attached hydrogens (tertiary/aromatic N) is 1. The lowest BCUT2D eigenvalue weighted by molar-refractivity contribution is 0.685. The van der Waals surface area contributed by atoms with Gasteiger partial charge in [-0.05, 0) is 62.1 Å². The highest BCUT2D eigenvalue weighted by Gasteiger charge is 2.25. The Labute approximate surface area is 138 Å². The SMILES string of the molecule is CNC(=S)NCCC(C)=C1/C(=N/NC(=S)NC)CCC1C. The fraction of sp³-hybridized carbons (Fsp3) is 0.643. The largest absolute Gasteiger partial charge is 0.366 e. The first-order chi connectivity index (χ1) is 9.99. The summed E-state index contributed by atoms with van der Waals surface area (Å²) >= 11 is 10.1. The number of allylic oxidation sites excluding steroid dienone is 1. The molecule has 4 N–H and O–H groups in total. The van der Waals surface area contributed by atoms with Crippen molar-refractivity contribution in [3.63, 3.8) is 0 Å². The smallest absolute Gasteiger partial charge is 0.186 e. The minimum atomic E-state index is 0.542. The van der Waals surface area contributed by atoms with Crippen LogP contribution in [0.3, 0.4) is 0 Å². The van der Waals surface area contributed by atoms with E-state index in [-0.39, 0.29) is 0 Å². The van der Waals surface area contributed by atoms with Gasteiger partial charge in [-0.1, -0.05) is 12.5 Å². The predicted octanol–water partition coefficient (Wildman–Crippen LogP) is 1.67. The zero-order valence-corrected chi connectivity index (χ0v) is 14.8. The van der Waals surface area contributed by atoms with E-state index in [1.54, 1.807) is 7.05 Å². The van der Waals surface area contributed by atoms with Gasteiger partial charge in [0.2, 0.25) is 0 Å². The van der Waals surface area contributed by atoms with Crippen LogP contribution in [0.4, 0.5) is 0 Å². The Bertz CT molecular complexity index is 456. The van der Waals surface area contributed by atoms with Crippen molar-refractivity contribution in [1.29, 1.82) is 0 Å². The average Bonchev–Trinajstić information content (AvgIpc) is 2.85. The highest BCUT2D eigenvalue weighted by molar-refractivity contribution is 7.80. The summed E-state index contributed by atoms with van der Waals surface area (Å²) in [4.78, 5) is 0. The molecule has 0 bridgehead atoms. The molecule has 0 heterocycles. The van der Waals surface area contributed by atoms with E-state index in [0.717, 1.165) is 31.5 Å². The van der Waals surface area contributed by atoms with Gasteiger partial charge in [-0.25, -0.2) is 0 Å². The van der Waals surface area contributed by atoms with Crippen LogP contribution >= 0.6 is 24.4 Å². The first-order valence-electron chi connectivity index (χ1n) is 7.19. The summed E-state index contributed by atoms with van der Waals surface area (Å²) in [5.74, 6) is 0.546. The Morgan fingerprint density at radius 2 is 1.90 bits per heavy atom. The summed E-state index contributed by atoms with van der Waals surface area (Å²) in [7, 11) is 3.60. The Balaban J connectivity index is 2.71. The predicted molar refractivity (Wildman–Crippen MR) is 97.6 cm³/mol. The van der Waals surface area contributed by atoms with E-state index < -0.39 is 0 Å². The molecule has 1 rings (SSSR count). The van der Waals surface area contributed by atoms with Crippen LogP contribution in [0.15, 0.2) is 16.2 Å². The van der Waals surface area contributed by atoms with Crippen LogP contribution in [-0.2, 0) is 0 Å². The molecule has 1 aliphatic rings. The first-order valence-corrected chi connectivity index (χ1v) is 8.01. The summed E-state index contributed by atoms with van der Waals surface area (Å²) in [5, 5.41) is 14.6. The molecule has 21 heavy (non-hydrogen) atoms. The quantitative estimate of drug-likeness (QED) is 0.465. The maximum Gasteiger partial charge on any atom is 0.186 e. The standard InChI is InChI=1S/C14H25N5S2/c1-9-5-6-11(18-19-14(21)16-4)12(9)10(2)7-8-17-13(20)15-3/h9H,5-8H2,1-4H3,(H2,15,17,20)(H2,16,19,21)/b12-10?,18-11+. The van der Waals surface area contributed by atoms with Gasteiger partial charge < -0.3 is 16.0 Å². The molecule has 1 aliphatic carbocycles. The highest BCUT2D eigenvalue weighted by Crippen LogP contribution is 2.31. The van der Waals surface area contributed by atoms with Gasteiger partial charge in [0.25, 0.3) is 0 Å². The minimum Gasteiger partial charge on any atom is -0.366 e. The van der Waals surface area contributed by atoms with Crippen LogP contribution in [0.25, 0.3) is 0 Å². The van der Waals surface area contributed by atoms with Gasteiger partial charge in [0.1, 0.15) is 0 Å². The molecular formula is C14H25N5S2. The number of hydrazone groups is 1. The van der Waals surface area contributed by atoms with Crippen LogP contribution in [0.2, 0.25) is 0 Å². The van der Waals surface area contributed by atoms with E-state index in [0.29, 0.717) is 16.1 Å². The third kappa shape index (κ3) is 5.59. The summed E-state index contributed by atoms with van der Waals surface area (Å²) in [6.45, 7) is 5.26. The molecule has 7 heteroatoms. The zero-order chi connectivity index (χ0) is 15.8. The van der Waals surface area contributed by atoms with Crippen molar-refractivity contribution in [2.45, 2.75) is 33.1 Å². The summed E-state index contributed by atoms with van der Waals surface area (Å²) < 4.78 is 0. The van der Waals surface area contributed by atoms with E-state index in [1.165, 1.54) is 11.1 Å². The van der Waals surface area contributed by atoms with Crippen LogP contribution in [-0.4, -0.2) is 36.6 Å². The number of rotatable bonds is 4. The maximum absolute atomic E-state index is 5.08. The average molecular weight is 328 g/mol. The lowest BCUT2D eigenvalue weighted by Gasteiger charge is -2.13. The van der Waals surface area contributed by atoms with Crippen molar-refractivity contribution in [2.75, 3.05) is 20.6 Å². The third-order valence-corrected chi connectivity index (χ3v) is 4.25. The second kappa shape index (κ2) is 8.94. The van der Waals surface area contributed by atoms with Crippen LogP contribution in [0.1, 0.15) is 33.1 Å². The van der Waals surface area contributed by atoms with Crippen molar-refractivity contribution in [3.8, 4) is 0 Å². The fourth-order valence-electron chi connectivity index (χ4n) is 2.46. The van der Waals surface area contributed by atoms with Gasteiger partial charge in [-0.15, -0.1) is 0 Å². The Kier molecular flexibility index (Phi) is 7.60. The lowest BCUT2D eigenvalue weighted by atomic mass is 9.97. The Morgan fingerprint density at radius 1 is 1.24 bits per heavy atom. The first kappa shape index (κ1) is 17.8. The fourth-order valence-corrected chi connectivity index (χ4v) is 2.61. The molecule has 118 valence electrons. The van der Waals surface area contributed by atoms with Gasteiger partial charge >= 0.3 is 0 Å². The molecule has 1 saturated carbocycles. The molecule has 1 fully saturated rings. The van der Waals surface area contributed by atoms with Crippen molar-refractivity contribution in [3.05, 3.63) is 11.1 Å². The normalized spacial score (nSPS) is 21.9. The van der Waals surface area contributed by atoms with Gasteiger partial charge in [0.15, 0.2) is 10.2 Å². The topological polar surface area (TPSA) is 60.5 Å². The number of hydrogen-bond donors (Lipinski definition) is 4. The monoisotopic (exact) mass is 327 g/mol. The van der Waals surface area contributed by atoms with E-state index in [4.69, 9.17) is 24.4 Å². The maximum atomic E-state index is 5.08. The Morgan fingerprint density at radius 3 is 2.52 bits per heavy atom. The van der Waals surface area contributed by atoms with Gasteiger partial charge in [0.05, 0.1) is 5.71 Å². The molecule has 0 aliphatic heterocycles. The van der Waals surface area contributed by atoms with Crippen molar-refractivity contribution >= 4 is 40.4 Å². The van der Waals surface area contributed by atoms with E-state index in [9.17, 15) is 0 Å². The molecule has 0 aromatic heterocycles. The molecule has 0 aromatic rings. The summed E-state index contributed by atoms with van der Waals surface area (Å²) in [6, 6.07) is 0. The molecular weight excluding hydrogens is 302 g/mol. The number of nitrogens with one attached hydrogen (secondary N) is 4. The van der Waals surface area contributed by atoms with Crippen LogP contribution in [0.5, 0.6) is 0 Å². The molecule has 1 unspecified atom stereocenters. The molecule has 1 atom stereocenters. The van der Waals surface area contributed by atoms with Crippen molar-refractivity contribution < 1.29 is 0 Å². The molecule has 0 saturated heterocycles. The number of thiocarbonyl (C=S) groups is 2. The minimum absolute atomic E-state index is 0.542. The highest BCUT2D eigenvalue weighted by atomic mass is 32.1. The molecule has 0 amide bonds. The summed E-state index contributed by atoms with van der Waals surface area (Å²) in [6.07, 6.45) is 3.09. The molecule has 0 aromatic carbocycles. The van der Waals surface area contributed by atoms with E-state index in [1.807, 2.05) is 7.05 Å². The summed E-state index contributed by atoms with van der Waals surface area (Å²) in [5.41, 5.74) is 6.73. The number of hydrogen-bond acceptors (Lipinski definition) is 3. The van der Waals surface area contributed by atoms with Gasteiger partial charge in [0, 0.05) is 20.6 Å². The van der Waals surface area contributed by atoms with Crippen molar-refractivity contribution in [1.82, 2.24) is 21.4 Å². The third-order valence-electron chi connectivity index (χ3n) is 3.61. The lowest BCUT2D eigenvalue weighted by Crippen LogP contribution is -2.33. The Hall–Kier alpha value is -1.21. The van der Waals surface area contributed by atoms with Gasteiger partial charge in [-0.3, -0.25) is 5.43 Å². The molecule has 0 spiro atoms. The molecule has 0 radical (unpaired) electrons. The van der Waals surface area contributed by atoms with Crippen LogP contribution in [0, 0.1) is 5.92 Å². The van der Waals surface area contributed by atoms with E-state index in [2.05, 4.69) is 40.3 Å². The van der Waals surface area contributed by atoms with Gasteiger partial charge in [-0.2, -0.15) is 5.10 Å². The van der Waals surface area contributed by atoms with E-state index >= 15 is 0 Å².